The zero-order valence-corrected chi connectivity index (χ0v) is 31.4. The van der Waals surface area contributed by atoms with Crippen LogP contribution in [0.3, 0.4) is 0 Å². The number of nitrogens with one attached hydrogen (secondary N) is 1. The van der Waals surface area contributed by atoms with Crippen LogP contribution in [0.1, 0.15) is 66.9 Å². The van der Waals surface area contributed by atoms with E-state index >= 15 is 0 Å². The average molecular weight is 708 g/mol. The molecule has 13 heteroatoms. The molecule has 2 saturated heterocycles. The maximum atomic E-state index is 14.0. The van der Waals surface area contributed by atoms with Crippen molar-refractivity contribution < 1.29 is 43.2 Å². The number of carbonyl (C=O) groups is 3. The number of likely N-dealkylation sites (N-methyl/N-ethyl adjacent to an activating group) is 1. The highest BCUT2D eigenvalue weighted by Gasteiger charge is 2.64. The zero-order valence-electron chi connectivity index (χ0n) is 30.7. The normalized spacial score (nSPS) is 32.7. The number of carbonyl (C=O) groups excluding carboxylic acids is 3. The summed E-state index contributed by atoms with van der Waals surface area (Å²) in [6, 6.07) is 3.07. The Morgan fingerprint density at radius 1 is 1.27 bits per heavy atom. The third-order valence-corrected chi connectivity index (χ3v) is 10.1. The van der Waals surface area contributed by atoms with Crippen LogP contribution in [-0.4, -0.2) is 105 Å². The van der Waals surface area contributed by atoms with Gasteiger partial charge in [-0.1, -0.05) is 63.1 Å². The fraction of sp³-hybridized carbons (Fsp3) is 0.639. The van der Waals surface area contributed by atoms with E-state index < -0.39 is 59.8 Å². The maximum absolute atomic E-state index is 14.0. The molecule has 274 valence electrons. The van der Waals surface area contributed by atoms with E-state index in [0.29, 0.717) is 24.4 Å². The number of ether oxygens (including phenoxy) is 5. The van der Waals surface area contributed by atoms with Crippen LogP contribution in [0.2, 0.25) is 5.02 Å². The molecule has 49 heavy (non-hydrogen) atoms. The van der Waals surface area contributed by atoms with Crippen LogP contribution in [-0.2, 0) is 35.0 Å². The van der Waals surface area contributed by atoms with Gasteiger partial charge >= 0.3 is 12.1 Å². The van der Waals surface area contributed by atoms with Crippen LogP contribution in [0.5, 0.6) is 5.75 Å². The highest BCUT2D eigenvalue weighted by molar-refractivity contribution is 6.35. The Hall–Kier alpha value is -3.16. The molecule has 3 aliphatic heterocycles. The molecule has 0 spiro atoms. The molecule has 2 fully saturated rings. The number of benzene rings is 1. The van der Waals surface area contributed by atoms with Crippen molar-refractivity contribution in [2.75, 3.05) is 39.8 Å². The predicted octanol–water partition coefficient (Wildman–Crippen LogP) is 5.03. The van der Waals surface area contributed by atoms with Crippen molar-refractivity contribution in [1.29, 1.82) is 0 Å². The van der Waals surface area contributed by atoms with E-state index in [1.807, 2.05) is 64.8 Å². The summed E-state index contributed by atoms with van der Waals surface area (Å²) in [4.78, 5) is 43.4. The zero-order chi connectivity index (χ0) is 36.8. The number of epoxide rings is 1. The second kappa shape index (κ2) is 16.7. The van der Waals surface area contributed by atoms with E-state index in [1.165, 1.54) is 19.1 Å². The lowest BCUT2D eigenvalue weighted by Crippen LogP contribution is -2.63. The SMILES string of the molecule is CC.CCN(C)[C@@H](C)C(=O)O[C@H]1CC(=O)N(C)c2cc(cc(OC)c2Cl)C/C(C)=C/C=C/[C@@H](OC)[C@@]2(O)CC(OC(=O)N2)[C@@H](C)C2OC21C. The van der Waals surface area contributed by atoms with Gasteiger partial charge in [0.1, 0.15) is 40.7 Å². The van der Waals surface area contributed by atoms with Gasteiger partial charge in [-0.3, -0.25) is 19.8 Å². The summed E-state index contributed by atoms with van der Waals surface area (Å²) >= 11 is 6.73. The summed E-state index contributed by atoms with van der Waals surface area (Å²) in [6.07, 6.45) is 1.54. The van der Waals surface area contributed by atoms with Crippen molar-refractivity contribution in [2.24, 2.45) is 5.92 Å². The number of nitrogens with zero attached hydrogens (tertiary/aromatic N) is 2. The summed E-state index contributed by atoms with van der Waals surface area (Å²) in [7, 11) is 6.38. The molecule has 1 aromatic carbocycles. The Morgan fingerprint density at radius 2 is 1.94 bits per heavy atom. The van der Waals surface area contributed by atoms with Gasteiger partial charge in [0, 0.05) is 26.5 Å². The number of rotatable bonds is 6. The fourth-order valence-corrected chi connectivity index (χ4v) is 6.61. The molecular weight excluding hydrogens is 654 g/mol. The molecule has 4 bridgehead atoms. The predicted molar refractivity (Wildman–Crippen MR) is 188 cm³/mol. The van der Waals surface area contributed by atoms with Crippen LogP contribution in [0.15, 0.2) is 35.9 Å². The summed E-state index contributed by atoms with van der Waals surface area (Å²) in [5, 5.41) is 14.5. The molecular formula is C36H54ClN3O9. The lowest BCUT2D eigenvalue weighted by molar-refractivity contribution is -0.158. The second-order valence-corrected chi connectivity index (χ2v) is 13.4. The lowest BCUT2D eigenvalue weighted by Gasteiger charge is -2.42. The molecule has 12 nitrogen and oxygen atoms in total. The van der Waals surface area contributed by atoms with E-state index in [9.17, 15) is 19.5 Å². The molecule has 0 aliphatic carbocycles. The number of allylic oxidation sites excluding steroid dienone is 3. The molecule has 3 heterocycles. The number of esters is 1. The van der Waals surface area contributed by atoms with Gasteiger partial charge in [0.2, 0.25) is 5.91 Å². The van der Waals surface area contributed by atoms with Crippen molar-refractivity contribution in [3.8, 4) is 5.75 Å². The quantitative estimate of drug-likeness (QED) is 0.306. The minimum absolute atomic E-state index is 0.00400. The monoisotopic (exact) mass is 707 g/mol. The molecule has 3 unspecified atom stereocenters. The standard InChI is InChI=1S/C34H48ClN3O9.C2H6/c1-10-37(6)21(4)31(40)46-27-17-28(39)38(7)23-15-22(16-24(43-8)29(23)35)14-19(2)12-11-13-26(44-9)34(42)18-25(45-32(41)36-34)20(3)30-33(27,5)47-30;1-2/h11-13,15-16,20-21,25-27,30,42H,10,14,17-18H2,1-9H3,(H,36,41);1-2H3/b13-11+,19-12+;/t20-,21+,25?,26-,27+,30?,33?,34+;/m1./s1. The summed E-state index contributed by atoms with van der Waals surface area (Å²) in [6.45, 7) is 13.8. The molecule has 1 aromatic rings. The third kappa shape index (κ3) is 8.96. The highest BCUT2D eigenvalue weighted by atomic mass is 35.5. The number of anilines is 1. The van der Waals surface area contributed by atoms with E-state index in [-0.39, 0.29) is 23.8 Å². The number of fused-ring (bicyclic) bond motifs is 5. The highest BCUT2D eigenvalue weighted by Crippen LogP contribution is 2.49. The molecule has 2 N–H and O–H groups in total. The van der Waals surface area contributed by atoms with Crippen molar-refractivity contribution in [3.05, 3.63) is 46.5 Å². The van der Waals surface area contributed by atoms with Crippen LogP contribution in [0.4, 0.5) is 10.5 Å². The van der Waals surface area contributed by atoms with E-state index in [0.717, 1.165) is 11.1 Å². The van der Waals surface area contributed by atoms with Crippen molar-refractivity contribution in [3.63, 3.8) is 0 Å². The number of amides is 2. The molecule has 2 amide bonds. The maximum Gasteiger partial charge on any atom is 0.409 e. The number of halogens is 1. The molecule has 0 saturated carbocycles. The smallest absolute Gasteiger partial charge is 0.409 e. The lowest BCUT2D eigenvalue weighted by atomic mass is 9.83. The first kappa shape index (κ1) is 40.3. The minimum atomic E-state index is -1.78. The Kier molecular flexibility index (Phi) is 13.7. The largest absolute Gasteiger partial charge is 0.495 e. The van der Waals surface area contributed by atoms with Crippen molar-refractivity contribution in [2.45, 2.75) is 110 Å². The number of methoxy groups -OCH3 is 2. The van der Waals surface area contributed by atoms with Gasteiger partial charge in [-0.2, -0.15) is 0 Å². The van der Waals surface area contributed by atoms with Crippen LogP contribution in [0, 0.1) is 5.92 Å². The molecule has 8 atom stereocenters. The molecule has 4 rings (SSSR count). The van der Waals surface area contributed by atoms with Gasteiger partial charge in [0.15, 0.2) is 5.72 Å². The first-order chi connectivity index (χ1) is 23.1. The Bertz CT molecular complexity index is 1420. The van der Waals surface area contributed by atoms with Gasteiger partial charge in [0.05, 0.1) is 25.3 Å². The molecule has 0 aromatic heterocycles. The first-order valence-corrected chi connectivity index (χ1v) is 17.3. The Balaban J connectivity index is 0.00000319. The van der Waals surface area contributed by atoms with Crippen molar-refractivity contribution in [1.82, 2.24) is 10.2 Å². The summed E-state index contributed by atoms with van der Waals surface area (Å²) in [5.74, 6) is -0.910. The Morgan fingerprint density at radius 3 is 2.55 bits per heavy atom. The minimum Gasteiger partial charge on any atom is -0.495 e. The van der Waals surface area contributed by atoms with Crippen LogP contribution in [0.25, 0.3) is 0 Å². The topological polar surface area (TPSA) is 139 Å². The third-order valence-electron chi connectivity index (χ3n) is 9.71. The van der Waals surface area contributed by atoms with E-state index in [1.54, 1.807) is 33.0 Å². The number of alkyl carbamates (subject to hydrolysis) is 1. The van der Waals surface area contributed by atoms with Gasteiger partial charge in [-0.05, 0) is 58.5 Å². The van der Waals surface area contributed by atoms with Gasteiger partial charge < -0.3 is 33.7 Å². The summed E-state index contributed by atoms with van der Waals surface area (Å²) < 4.78 is 29.1. The molecule has 3 aliphatic rings. The van der Waals surface area contributed by atoms with E-state index in [4.69, 9.17) is 35.3 Å². The van der Waals surface area contributed by atoms with Crippen LogP contribution >= 0.6 is 11.6 Å². The van der Waals surface area contributed by atoms with E-state index in [2.05, 4.69) is 5.32 Å². The first-order valence-electron chi connectivity index (χ1n) is 16.9. The Labute approximate surface area is 295 Å². The number of hydrogen-bond donors (Lipinski definition) is 2. The van der Waals surface area contributed by atoms with Gasteiger partial charge in [0.25, 0.3) is 0 Å². The van der Waals surface area contributed by atoms with Crippen LogP contribution < -0.4 is 15.0 Å². The molecule has 0 radical (unpaired) electrons. The average Bonchev–Trinajstić information content (AvgIpc) is 3.77. The fourth-order valence-electron chi connectivity index (χ4n) is 6.30. The van der Waals surface area contributed by atoms with Gasteiger partial charge in [-0.15, -0.1) is 0 Å². The van der Waals surface area contributed by atoms with Gasteiger partial charge in [-0.25, -0.2) is 4.79 Å². The van der Waals surface area contributed by atoms with Crippen molar-refractivity contribution >= 4 is 35.3 Å². The summed E-state index contributed by atoms with van der Waals surface area (Å²) in [5.41, 5.74) is -0.640. The second-order valence-electron chi connectivity index (χ2n) is 13.0. The number of aliphatic hydroxyl groups is 1. The number of hydrogen-bond acceptors (Lipinski definition) is 10.